The van der Waals surface area contributed by atoms with Gasteiger partial charge in [-0.05, 0) is 30.2 Å². The molecular formula is C23H28FN3O5S. The first-order valence-corrected chi connectivity index (χ1v) is 12.1. The number of aliphatic hydroxyl groups excluding tert-OH is 3. The van der Waals surface area contributed by atoms with Gasteiger partial charge < -0.3 is 15.3 Å². The van der Waals surface area contributed by atoms with Crippen LogP contribution in [-0.2, 0) is 10.0 Å². The molecule has 2 rings (SSSR count). The van der Waals surface area contributed by atoms with Crippen molar-refractivity contribution < 1.29 is 28.1 Å². The van der Waals surface area contributed by atoms with E-state index >= 15 is 0 Å². The van der Waals surface area contributed by atoms with E-state index in [4.69, 9.17) is 5.11 Å². The van der Waals surface area contributed by atoms with Crippen molar-refractivity contribution >= 4 is 22.0 Å². The second kappa shape index (κ2) is 11.2. The van der Waals surface area contributed by atoms with Gasteiger partial charge in [0.25, 0.3) is 0 Å². The van der Waals surface area contributed by atoms with E-state index in [0.29, 0.717) is 22.5 Å². The lowest BCUT2D eigenvalue weighted by molar-refractivity contribution is 0.108. The molecule has 0 spiro atoms. The molecule has 33 heavy (non-hydrogen) atoms. The monoisotopic (exact) mass is 477 g/mol. The molecule has 8 nitrogen and oxygen atoms in total. The number of anilines is 1. The fraction of sp³-hybridized carbons (Fsp3) is 0.391. The van der Waals surface area contributed by atoms with Crippen LogP contribution in [0, 0.1) is 17.8 Å². The topological polar surface area (TPSA) is 124 Å². The number of sulfonamides is 1. The lowest BCUT2D eigenvalue weighted by Gasteiger charge is -2.20. The molecule has 1 heterocycles. The second-order valence-corrected chi connectivity index (χ2v) is 9.89. The highest BCUT2D eigenvalue weighted by Gasteiger charge is 2.22. The molecular weight excluding hydrogens is 449 g/mol. The number of aliphatic hydroxyl groups is 3. The minimum atomic E-state index is -3.63. The van der Waals surface area contributed by atoms with E-state index in [-0.39, 0.29) is 24.7 Å². The standard InChI is InChI=1S/C23H28FN3O5S/c1-15(2)21-20(12-11-19(30)14-18(29)6-5-13-28)22(16-7-9-17(24)10-8-16)26-23(25-21)27(3)33(4,31)32/h7-12,15,18-19,28-30H,6,14H2,1-4H3/b12-11+/t18-,19+/m0/s1. The van der Waals surface area contributed by atoms with E-state index in [1.165, 1.54) is 37.4 Å². The van der Waals surface area contributed by atoms with Crippen LogP contribution in [0.1, 0.15) is 43.9 Å². The molecule has 0 fully saturated rings. The summed E-state index contributed by atoms with van der Waals surface area (Å²) in [7, 11) is -2.28. The lowest BCUT2D eigenvalue weighted by Crippen LogP contribution is -2.27. The molecule has 0 bridgehead atoms. The van der Waals surface area contributed by atoms with Crippen LogP contribution < -0.4 is 4.31 Å². The highest BCUT2D eigenvalue weighted by atomic mass is 32.2. The molecule has 10 heteroatoms. The van der Waals surface area contributed by atoms with Crippen LogP contribution in [0.5, 0.6) is 0 Å². The molecule has 0 amide bonds. The van der Waals surface area contributed by atoms with Gasteiger partial charge in [-0.15, -0.1) is 0 Å². The van der Waals surface area contributed by atoms with Gasteiger partial charge in [-0.1, -0.05) is 31.9 Å². The van der Waals surface area contributed by atoms with Crippen LogP contribution in [-0.4, -0.2) is 59.2 Å². The summed E-state index contributed by atoms with van der Waals surface area (Å²) in [5.74, 6) is 1.73. The Balaban J connectivity index is 2.61. The highest BCUT2D eigenvalue weighted by molar-refractivity contribution is 7.92. The van der Waals surface area contributed by atoms with Gasteiger partial charge in [0, 0.05) is 31.0 Å². The zero-order valence-corrected chi connectivity index (χ0v) is 19.7. The smallest absolute Gasteiger partial charge is 0.239 e. The second-order valence-electron chi connectivity index (χ2n) is 7.87. The van der Waals surface area contributed by atoms with Crippen LogP contribution in [0.2, 0.25) is 0 Å². The predicted molar refractivity (Wildman–Crippen MR) is 125 cm³/mol. The molecule has 0 aliphatic heterocycles. The third-order valence-electron chi connectivity index (χ3n) is 4.82. The summed E-state index contributed by atoms with van der Waals surface area (Å²) in [4.78, 5) is 8.90. The van der Waals surface area contributed by atoms with Crippen molar-refractivity contribution in [3.8, 4) is 23.3 Å². The first-order chi connectivity index (χ1) is 15.4. The van der Waals surface area contributed by atoms with E-state index in [1.807, 2.05) is 13.8 Å². The molecule has 0 saturated heterocycles. The van der Waals surface area contributed by atoms with Gasteiger partial charge in [0.2, 0.25) is 16.0 Å². The number of aromatic nitrogens is 2. The molecule has 0 radical (unpaired) electrons. The molecule has 2 atom stereocenters. The van der Waals surface area contributed by atoms with Crippen molar-refractivity contribution in [2.45, 2.75) is 44.8 Å². The van der Waals surface area contributed by atoms with Gasteiger partial charge in [0.15, 0.2) is 0 Å². The third-order valence-corrected chi connectivity index (χ3v) is 5.98. The van der Waals surface area contributed by atoms with Crippen molar-refractivity contribution in [1.82, 2.24) is 9.97 Å². The number of nitrogens with zero attached hydrogens (tertiary/aromatic N) is 3. The van der Waals surface area contributed by atoms with Crippen molar-refractivity contribution in [2.24, 2.45) is 0 Å². The van der Waals surface area contributed by atoms with Crippen LogP contribution in [0.15, 0.2) is 30.3 Å². The maximum Gasteiger partial charge on any atom is 0.239 e. The molecule has 1 aromatic heterocycles. The van der Waals surface area contributed by atoms with Crippen molar-refractivity contribution in [3.05, 3.63) is 47.4 Å². The zero-order valence-electron chi connectivity index (χ0n) is 18.9. The molecule has 0 aliphatic carbocycles. The minimum absolute atomic E-state index is 0.00904. The summed E-state index contributed by atoms with van der Waals surface area (Å²) in [6.45, 7) is 3.76. The van der Waals surface area contributed by atoms with E-state index < -0.39 is 28.0 Å². The average molecular weight is 478 g/mol. The highest BCUT2D eigenvalue weighted by Crippen LogP contribution is 2.31. The van der Waals surface area contributed by atoms with Crippen molar-refractivity contribution in [3.63, 3.8) is 0 Å². The summed E-state index contributed by atoms with van der Waals surface area (Å²) in [5, 5.41) is 28.7. The fourth-order valence-electron chi connectivity index (χ4n) is 3.01. The quantitative estimate of drug-likeness (QED) is 0.474. The normalized spacial score (nSPS) is 13.6. The number of hydrogen-bond donors (Lipinski definition) is 3. The molecule has 178 valence electrons. The molecule has 3 N–H and O–H groups in total. The summed E-state index contributed by atoms with van der Waals surface area (Å²) < 4.78 is 38.7. The van der Waals surface area contributed by atoms with Gasteiger partial charge in [-0.2, -0.15) is 0 Å². The zero-order chi connectivity index (χ0) is 24.8. The maximum atomic E-state index is 13.5. The summed E-state index contributed by atoms with van der Waals surface area (Å²) >= 11 is 0. The Morgan fingerprint density at radius 1 is 1.18 bits per heavy atom. The van der Waals surface area contributed by atoms with Gasteiger partial charge in [-0.25, -0.2) is 27.1 Å². The number of benzene rings is 1. The Morgan fingerprint density at radius 2 is 1.82 bits per heavy atom. The predicted octanol–water partition coefficient (Wildman–Crippen LogP) is 2.65. The largest absolute Gasteiger partial charge is 0.462 e. The van der Waals surface area contributed by atoms with Gasteiger partial charge in [-0.3, -0.25) is 0 Å². The summed E-state index contributed by atoms with van der Waals surface area (Å²) in [5.41, 5.74) is 1.97. The Labute approximate surface area is 193 Å². The van der Waals surface area contributed by atoms with Crippen LogP contribution >= 0.6 is 0 Å². The van der Waals surface area contributed by atoms with Crippen LogP contribution in [0.3, 0.4) is 0 Å². The van der Waals surface area contributed by atoms with Crippen molar-refractivity contribution in [2.75, 3.05) is 17.6 Å². The van der Waals surface area contributed by atoms with Gasteiger partial charge in [0.05, 0.1) is 29.9 Å². The van der Waals surface area contributed by atoms with Crippen molar-refractivity contribution in [1.29, 1.82) is 0 Å². The molecule has 0 aliphatic rings. The lowest BCUT2D eigenvalue weighted by atomic mass is 9.97. The number of hydrogen-bond acceptors (Lipinski definition) is 7. The molecule has 0 saturated carbocycles. The average Bonchev–Trinajstić information content (AvgIpc) is 2.75. The number of halogens is 1. The molecule has 1 aromatic carbocycles. The molecule has 2 aromatic rings. The fourth-order valence-corrected chi connectivity index (χ4v) is 3.39. The Hall–Kier alpha value is -3.00. The van der Waals surface area contributed by atoms with E-state index in [1.54, 1.807) is 12.2 Å². The first-order valence-electron chi connectivity index (χ1n) is 10.2. The van der Waals surface area contributed by atoms with E-state index in [2.05, 4.69) is 15.9 Å². The van der Waals surface area contributed by atoms with E-state index in [9.17, 15) is 23.0 Å². The van der Waals surface area contributed by atoms with Crippen LogP contribution in [0.25, 0.3) is 17.3 Å². The number of rotatable bonds is 9. The summed E-state index contributed by atoms with van der Waals surface area (Å²) in [6, 6.07) is 5.59. The molecule has 0 unspecified atom stereocenters. The third kappa shape index (κ3) is 7.25. The van der Waals surface area contributed by atoms with Gasteiger partial charge in [0.1, 0.15) is 11.9 Å². The van der Waals surface area contributed by atoms with E-state index in [0.717, 1.165) is 10.6 Å². The summed E-state index contributed by atoms with van der Waals surface area (Å²) in [6.07, 6.45) is 3.85. The maximum absolute atomic E-state index is 13.5. The Morgan fingerprint density at radius 3 is 2.36 bits per heavy atom. The SMILES string of the molecule is CC(C)c1nc(N(C)S(C)(=O)=O)nc(-c2ccc(F)cc2)c1/C=C/[C@@H](O)C[C@@H](O)CC#CO. The Kier molecular flexibility index (Phi) is 8.93. The van der Waals surface area contributed by atoms with Crippen LogP contribution in [0.4, 0.5) is 10.3 Å². The minimum Gasteiger partial charge on any atom is -0.462 e. The Bertz CT molecular complexity index is 1160. The van der Waals surface area contributed by atoms with Gasteiger partial charge >= 0.3 is 0 Å². The first kappa shape index (κ1) is 26.3.